The van der Waals surface area contributed by atoms with Crippen LogP contribution in [0.3, 0.4) is 0 Å². The van der Waals surface area contributed by atoms with Gasteiger partial charge >= 0.3 is 7.79 Å². The minimum atomic E-state index is -2.29. The molecule has 1 aromatic rings. The highest BCUT2D eigenvalue weighted by Gasteiger charge is 2.45. The van der Waals surface area contributed by atoms with Gasteiger partial charge in [0.15, 0.2) is 0 Å². The molecule has 0 bridgehead atoms. The molecule has 1 fully saturated rings. The average molecular weight is 254 g/mol. The first kappa shape index (κ1) is 11.9. The van der Waals surface area contributed by atoms with Gasteiger partial charge in [0.1, 0.15) is 0 Å². The van der Waals surface area contributed by atoms with Crippen LogP contribution in [-0.4, -0.2) is 13.8 Å². The maximum absolute atomic E-state index is 6.44. The predicted molar refractivity (Wildman–Crippen MR) is 69.5 cm³/mol. The van der Waals surface area contributed by atoms with Crippen LogP contribution in [0, 0.1) is 0 Å². The normalized spacial score (nSPS) is 33.9. The van der Waals surface area contributed by atoms with Crippen LogP contribution in [0.1, 0.15) is 18.6 Å². The Morgan fingerprint density at radius 2 is 2.19 bits per heavy atom. The number of hydrogen-bond acceptors (Lipinski definition) is 2. The van der Waals surface area contributed by atoms with Gasteiger partial charge in [-0.3, -0.25) is 4.98 Å². The topological polar surface area (TPSA) is 21.3 Å². The van der Waals surface area contributed by atoms with Crippen LogP contribution in [0.2, 0.25) is 6.04 Å². The maximum atomic E-state index is 6.44. The molecule has 86 valence electrons. The summed E-state index contributed by atoms with van der Waals surface area (Å²) in [6, 6.07) is 11.2. The Morgan fingerprint density at radius 1 is 1.50 bits per heavy atom. The van der Waals surface area contributed by atoms with Gasteiger partial charge in [-0.1, -0.05) is 36.4 Å². The maximum Gasteiger partial charge on any atom is 0.375 e. The molecule has 0 aliphatic carbocycles. The fraction of sp³-hybridized carbons (Fsp3) is 0.333. The average Bonchev–Trinajstić information content (AvgIpc) is 2.56. The van der Waals surface area contributed by atoms with E-state index < -0.39 is 7.79 Å². The summed E-state index contributed by atoms with van der Waals surface area (Å²) in [6.07, 6.45) is 1.89. The molecular formula is C12H16ClNOSi. The van der Waals surface area contributed by atoms with Crippen molar-refractivity contribution in [2.24, 2.45) is 0 Å². The van der Waals surface area contributed by atoms with E-state index >= 15 is 0 Å². The second-order valence-corrected chi connectivity index (χ2v) is 8.32. The molecule has 1 unspecified atom stereocenters. The second kappa shape index (κ2) is 4.71. The van der Waals surface area contributed by atoms with E-state index in [-0.39, 0.29) is 12.1 Å². The zero-order valence-corrected chi connectivity index (χ0v) is 11.1. The Morgan fingerprint density at radius 3 is 2.81 bits per heavy atom. The molecule has 0 aromatic heterocycles. The molecule has 0 amide bonds. The van der Waals surface area contributed by atoms with E-state index in [2.05, 4.69) is 30.6 Å². The molecule has 2 rings (SSSR count). The lowest BCUT2D eigenvalue weighted by molar-refractivity contribution is 0.217. The summed E-state index contributed by atoms with van der Waals surface area (Å²) >= 11 is 6.44. The summed E-state index contributed by atoms with van der Waals surface area (Å²) in [6.45, 7) is 5.83. The zero-order valence-electron chi connectivity index (χ0n) is 9.32. The highest BCUT2D eigenvalue weighted by molar-refractivity contribution is 7.15. The lowest BCUT2D eigenvalue weighted by Gasteiger charge is -2.17. The van der Waals surface area contributed by atoms with Crippen molar-refractivity contribution in [3.05, 3.63) is 48.6 Å². The lowest BCUT2D eigenvalue weighted by Crippen LogP contribution is -2.43. The Balaban J connectivity index is 2.17. The molecule has 16 heavy (non-hydrogen) atoms. The van der Waals surface area contributed by atoms with Crippen molar-refractivity contribution in [1.82, 2.24) is 4.98 Å². The molecule has 0 saturated carbocycles. The summed E-state index contributed by atoms with van der Waals surface area (Å²) in [5, 5.41) is 0. The van der Waals surface area contributed by atoms with Gasteiger partial charge in [-0.25, -0.2) is 0 Å². The van der Waals surface area contributed by atoms with Gasteiger partial charge in [-0.15, -0.1) is 17.7 Å². The van der Waals surface area contributed by atoms with Gasteiger partial charge < -0.3 is 4.43 Å². The summed E-state index contributed by atoms with van der Waals surface area (Å²) in [5.41, 5.74) is 1.18. The second-order valence-electron chi connectivity index (χ2n) is 4.10. The van der Waals surface area contributed by atoms with Crippen LogP contribution < -0.4 is 4.98 Å². The van der Waals surface area contributed by atoms with Gasteiger partial charge in [0.2, 0.25) is 0 Å². The first-order valence-corrected chi connectivity index (χ1v) is 8.57. The van der Waals surface area contributed by atoms with Gasteiger partial charge in [0.05, 0.1) is 6.10 Å². The summed E-state index contributed by atoms with van der Waals surface area (Å²) in [7, 11) is -2.29. The van der Waals surface area contributed by atoms with Crippen LogP contribution in [0.5, 0.6) is 0 Å². The molecule has 1 aliphatic heterocycles. The van der Waals surface area contributed by atoms with Crippen LogP contribution in [-0.2, 0) is 4.43 Å². The van der Waals surface area contributed by atoms with E-state index in [1.807, 2.05) is 24.3 Å². The molecule has 1 aliphatic rings. The Hall–Kier alpha value is -0.613. The van der Waals surface area contributed by atoms with Crippen LogP contribution in [0.4, 0.5) is 0 Å². The van der Waals surface area contributed by atoms with E-state index in [1.165, 1.54) is 5.56 Å². The number of allylic oxidation sites excluding steroid dienone is 1. The van der Waals surface area contributed by atoms with E-state index in [4.69, 9.17) is 15.5 Å². The monoisotopic (exact) mass is 253 g/mol. The fourth-order valence-corrected chi connectivity index (χ4v) is 5.40. The molecule has 3 atom stereocenters. The molecular weight excluding hydrogens is 238 g/mol. The van der Waals surface area contributed by atoms with Crippen molar-refractivity contribution in [2.45, 2.75) is 25.1 Å². The van der Waals surface area contributed by atoms with Crippen LogP contribution in [0.25, 0.3) is 0 Å². The standard InChI is InChI=1S/C12H16ClNOSi/c1-3-9-16(13)14-10(2)12(15-16)11-7-5-4-6-8-11/h3-8,10,12,14H,1,9H2,2H3/t10-,12+,16?/m1/s1. The van der Waals surface area contributed by atoms with E-state index in [1.54, 1.807) is 0 Å². The molecule has 0 radical (unpaired) electrons. The van der Waals surface area contributed by atoms with Gasteiger partial charge in [-0.05, 0) is 12.5 Å². The van der Waals surface area contributed by atoms with E-state index in [0.29, 0.717) is 0 Å². The largest absolute Gasteiger partial charge is 0.383 e. The Labute approximate surface area is 102 Å². The molecule has 1 heterocycles. The zero-order chi connectivity index (χ0) is 11.6. The van der Waals surface area contributed by atoms with Crippen molar-refractivity contribution >= 4 is 18.9 Å². The Bertz CT molecular complexity index is 373. The van der Waals surface area contributed by atoms with Crippen molar-refractivity contribution in [3.63, 3.8) is 0 Å². The molecule has 4 heteroatoms. The number of halogens is 1. The molecule has 1 saturated heterocycles. The van der Waals surface area contributed by atoms with E-state index in [0.717, 1.165) is 6.04 Å². The minimum Gasteiger partial charge on any atom is -0.383 e. The molecule has 0 spiro atoms. The minimum absolute atomic E-state index is 0.0605. The summed E-state index contributed by atoms with van der Waals surface area (Å²) in [5.74, 6) is 0. The summed E-state index contributed by atoms with van der Waals surface area (Å²) in [4.78, 5) is 3.39. The van der Waals surface area contributed by atoms with Crippen LogP contribution >= 0.6 is 11.1 Å². The third-order valence-electron chi connectivity index (χ3n) is 2.75. The quantitative estimate of drug-likeness (QED) is 0.508. The first-order chi connectivity index (χ1) is 7.64. The predicted octanol–water partition coefficient (Wildman–Crippen LogP) is 3.10. The van der Waals surface area contributed by atoms with Crippen molar-refractivity contribution < 1.29 is 4.43 Å². The number of benzene rings is 1. The van der Waals surface area contributed by atoms with Crippen molar-refractivity contribution in [3.8, 4) is 0 Å². The number of nitrogens with one attached hydrogen (secondary N) is 1. The summed E-state index contributed by atoms with van der Waals surface area (Å²) < 4.78 is 6.01. The number of rotatable bonds is 3. The number of hydrogen-bond donors (Lipinski definition) is 1. The highest BCUT2D eigenvalue weighted by atomic mass is 35.6. The van der Waals surface area contributed by atoms with Crippen molar-refractivity contribution in [2.75, 3.05) is 0 Å². The van der Waals surface area contributed by atoms with Gasteiger partial charge in [-0.2, -0.15) is 0 Å². The van der Waals surface area contributed by atoms with E-state index in [9.17, 15) is 0 Å². The smallest absolute Gasteiger partial charge is 0.375 e. The Kier molecular flexibility index (Phi) is 3.49. The van der Waals surface area contributed by atoms with Crippen LogP contribution in [0.15, 0.2) is 43.0 Å². The van der Waals surface area contributed by atoms with Crippen molar-refractivity contribution in [1.29, 1.82) is 0 Å². The third-order valence-corrected chi connectivity index (χ3v) is 6.13. The third kappa shape index (κ3) is 2.38. The van der Waals surface area contributed by atoms with Gasteiger partial charge in [0, 0.05) is 12.1 Å². The first-order valence-electron chi connectivity index (χ1n) is 5.45. The van der Waals surface area contributed by atoms with Gasteiger partial charge in [0.25, 0.3) is 0 Å². The molecule has 2 nitrogen and oxygen atoms in total. The SMILES string of the molecule is C=CC[Si]1(Cl)N[C@H](C)[C@@H](c2ccccc2)O1. The lowest BCUT2D eigenvalue weighted by atomic mass is 10.0. The fourth-order valence-electron chi connectivity index (χ4n) is 2.05. The molecule has 1 N–H and O–H groups in total. The highest BCUT2D eigenvalue weighted by Crippen LogP contribution is 2.34. The molecule has 1 aromatic carbocycles.